The van der Waals surface area contributed by atoms with Crippen molar-refractivity contribution in [1.82, 2.24) is 5.32 Å². The number of amides is 1. The first-order chi connectivity index (χ1) is 17.6. The molecule has 1 heterocycles. The van der Waals surface area contributed by atoms with Gasteiger partial charge in [0, 0.05) is 38.6 Å². The van der Waals surface area contributed by atoms with Crippen LogP contribution in [0, 0.1) is 40.4 Å². The summed E-state index contributed by atoms with van der Waals surface area (Å²) < 4.78 is 12.5. The van der Waals surface area contributed by atoms with Crippen LogP contribution in [0.3, 0.4) is 0 Å². The zero-order valence-electron chi connectivity index (χ0n) is 24.0. The van der Waals surface area contributed by atoms with E-state index in [-0.39, 0.29) is 23.4 Å². The second-order valence-electron chi connectivity index (χ2n) is 13.6. The first kappa shape index (κ1) is 26.8. The Morgan fingerprint density at radius 2 is 2.00 bits per heavy atom. The molecule has 1 N–H and O–H groups in total. The van der Waals surface area contributed by atoms with Gasteiger partial charge in [0.1, 0.15) is 12.2 Å². The van der Waals surface area contributed by atoms with Crippen molar-refractivity contribution >= 4 is 11.9 Å². The zero-order chi connectivity index (χ0) is 26.5. The van der Waals surface area contributed by atoms with Crippen LogP contribution in [0.2, 0.25) is 0 Å². The average Bonchev–Trinajstić information content (AvgIpc) is 3.34. The number of carbonyl (C=O) groups excluding carboxylic acids is 2. The second-order valence-corrected chi connectivity index (χ2v) is 13.6. The molecule has 5 rings (SSSR count). The van der Waals surface area contributed by atoms with Crippen LogP contribution in [0.25, 0.3) is 0 Å². The van der Waals surface area contributed by atoms with Crippen molar-refractivity contribution in [1.29, 1.82) is 0 Å². The highest BCUT2D eigenvalue weighted by molar-refractivity contribution is 5.72. The van der Waals surface area contributed by atoms with Gasteiger partial charge in [0.05, 0.1) is 5.76 Å². The van der Waals surface area contributed by atoms with Crippen molar-refractivity contribution in [2.75, 3.05) is 6.54 Å². The molecule has 5 heteroatoms. The van der Waals surface area contributed by atoms with Gasteiger partial charge in [-0.2, -0.15) is 0 Å². The standard InChI is InChI=1S/C32H49NO4/c1-7-29(35)36-23-12-14-31(5)22(16-23)9-10-24-25(31)13-15-32(6)26(24)17-28-30(32)20(3)27(37-28)11-8-19(2)18-33-21(4)34/h9,19,23-26,28,30H,7-8,10-18H2,1-6H3,(H,33,34)/t19-,23+,24+,25-,26-,28-,30-,31+,32+/m1/s1. The van der Waals surface area contributed by atoms with Gasteiger partial charge in [0.2, 0.25) is 5.91 Å². The summed E-state index contributed by atoms with van der Waals surface area (Å²) in [7, 11) is 0. The van der Waals surface area contributed by atoms with Crippen molar-refractivity contribution in [2.24, 2.45) is 40.4 Å². The van der Waals surface area contributed by atoms with E-state index in [0.717, 1.165) is 56.4 Å². The Hall–Kier alpha value is -1.78. The molecule has 3 fully saturated rings. The molecule has 206 valence electrons. The number of esters is 1. The van der Waals surface area contributed by atoms with Crippen LogP contribution >= 0.6 is 0 Å². The molecule has 9 atom stereocenters. The fraction of sp³-hybridized carbons (Fsp3) is 0.812. The van der Waals surface area contributed by atoms with Gasteiger partial charge in [-0.15, -0.1) is 0 Å². The van der Waals surface area contributed by atoms with E-state index in [2.05, 4.69) is 39.1 Å². The van der Waals surface area contributed by atoms with E-state index < -0.39 is 0 Å². The van der Waals surface area contributed by atoms with Gasteiger partial charge in [0.25, 0.3) is 0 Å². The Morgan fingerprint density at radius 3 is 2.73 bits per heavy atom. The molecule has 0 bridgehead atoms. The number of fused-ring (bicyclic) bond motifs is 7. The lowest BCUT2D eigenvalue weighted by Gasteiger charge is -2.58. The minimum absolute atomic E-state index is 0.0509. The van der Waals surface area contributed by atoms with E-state index in [1.54, 1.807) is 12.5 Å². The van der Waals surface area contributed by atoms with E-state index in [9.17, 15) is 9.59 Å². The fourth-order valence-corrected chi connectivity index (χ4v) is 9.38. The van der Waals surface area contributed by atoms with Gasteiger partial charge in [-0.25, -0.2) is 0 Å². The average molecular weight is 512 g/mol. The number of ether oxygens (including phenoxy) is 2. The number of allylic oxidation sites excluding steroid dienone is 2. The van der Waals surface area contributed by atoms with E-state index in [1.165, 1.54) is 37.0 Å². The molecular weight excluding hydrogens is 462 g/mol. The molecule has 5 nitrogen and oxygen atoms in total. The predicted molar refractivity (Wildman–Crippen MR) is 145 cm³/mol. The third-order valence-corrected chi connectivity index (χ3v) is 11.4. The number of carbonyl (C=O) groups is 2. The smallest absolute Gasteiger partial charge is 0.305 e. The van der Waals surface area contributed by atoms with Crippen molar-refractivity contribution in [3.8, 4) is 0 Å². The molecule has 1 amide bonds. The highest BCUT2D eigenvalue weighted by atomic mass is 16.5. The summed E-state index contributed by atoms with van der Waals surface area (Å²) in [4.78, 5) is 23.2. The van der Waals surface area contributed by atoms with Crippen LogP contribution < -0.4 is 5.32 Å². The minimum atomic E-state index is -0.0567. The lowest BCUT2D eigenvalue weighted by molar-refractivity contribution is -0.151. The Balaban J connectivity index is 1.28. The maximum absolute atomic E-state index is 11.9. The molecule has 0 aromatic carbocycles. The van der Waals surface area contributed by atoms with Crippen molar-refractivity contribution in [3.63, 3.8) is 0 Å². The van der Waals surface area contributed by atoms with Crippen molar-refractivity contribution in [3.05, 3.63) is 23.0 Å². The number of hydrogen-bond donors (Lipinski definition) is 1. The summed E-state index contributed by atoms with van der Waals surface area (Å²) in [6.07, 6.45) is 13.5. The zero-order valence-corrected chi connectivity index (χ0v) is 24.0. The molecule has 0 saturated heterocycles. The number of hydrogen-bond acceptors (Lipinski definition) is 4. The summed E-state index contributed by atoms with van der Waals surface area (Å²) in [5.74, 6) is 4.45. The molecule has 4 aliphatic carbocycles. The Bertz CT molecular complexity index is 983. The van der Waals surface area contributed by atoms with Crippen LogP contribution in [0.1, 0.15) is 106 Å². The molecule has 1 aliphatic heterocycles. The Labute approximate surface area is 224 Å². The second kappa shape index (κ2) is 10.1. The van der Waals surface area contributed by atoms with E-state index >= 15 is 0 Å². The first-order valence-corrected chi connectivity index (χ1v) is 15.1. The van der Waals surface area contributed by atoms with Crippen molar-refractivity contribution < 1.29 is 19.1 Å². The van der Waals surface area contributed by atoms with Gasteiger partial charge >= 0.3 is 5.97 Å². The molecule has 0 spiro atoms. The maximum Gasteiger partial charge on any atom is 0.305 e. The van der Waals surface area contributed by atoms with Crippen LogP contribution in [-0.4, -0.2) is 30.6 Å². The van der Waals surface area contributed by atoms with Crippen LogP contribution in [0.15, 0.2) is 23.0 Å². The summed E-state index contributed by atoms with van der Waals surface area (Å²) >= 11 is 0. The summed E-state index contributed by atoms with van der Waals surface area (Å²) in [5, 5.41) is 2.96. The third kappa shape index (κ3) is 4.67. The summed E-state index contributed by atoms with van der Waals surface area (Å²) in [6.45, 7) is 13.9. The normalized spacial score (nSPS) is 41.0. The lowest BCUT2D eigenvalue weighted by Crippen LogP contribution is -2.50. The molecule has 37 heavy (non-hydrogen) atoms. The van der Waals surface area contributed by atoms with Crippen LogP contribution in [0.4, 0.5) is 0 Å². The Morgan fingerprint density at radius 1 is 1.22 bits per heavy atom. The van der Waals surface area contributed by atoms with Gasteiger partial charge in [-0.1, -0.05) is 39.3 Å². The van der Waals surface area contributed by atoms with Gasteiger partial charge in [-0.05, 0) is 91.9 Å². The molecule has 0 aromatic rings. The van der Waals surface area contributed by atoms with Gasteiger partial charge in [0.15, 0.2) is 0 Å². The maximum atomic E-state index is 11.9. The van der Waals surface area contributed by atoms with Crippen LogP contribution in [0.5, 0.6) is 0 Å². The molecule has 0 aromatic heterocycles. The largest absolute Gasteiger partial charge is 0.494 e. The van der Waals surface area contributed by atoms with E-state index in [4.69, 9.17) is 9.47 Å². The SMILES string of the molecule is CCC(=O)O[C@H]1CC[C@@]2(C)C(=CC[C@@H]3[C@H]4C[C@H]5OC(CC[C@@H](C)CNC(C)=O)=C(C)[C@H]5[C@@]4(C)CC[C@H]32)C1. The summed E-state index contributed by atoms with van der Waals surface area (Å²) in [6, 6.07) is 0. The quantitative estimate of drug-likeness (QED) is 0.304. The predicted octanol–water partition coefficient (Wildman–Crippen LogP) is 6.72. The molecular formula is C32H49NO4. The minimum Gasteiger partial charge on any atom is -0.494 e. The van der Waals surface area contributed by atoms with Gasteiger partial charge < -0.3 is 14.8 Å². The summed E-state index contributed by atoms with van der Waals surface area (Å²) in [5.41, 5.74) is 3.67. The third-order valence-electron chi connectivity index (χ3n) is 11.4. The van der Waals surface area contributed by atoms with Crippen LogP contribution in [-0.2, 0) is 19.1 Å². The molecule has 3 saturated carbocycles. The molecule has 0 radical (unpaired) electrons. The lowest BCUT2D eigenvalue weighted by atomic mass is 9.47. The topological polar surface area (TPSA) is 64.6 Å². The highest BCUT2D eigenvalue weighted by Gasteiger charge is 2.63. The fourth-order valence-electron chi connectivity index (χ4n) is 9.38. The van der Waals surface area contributed by atoms with E-state index in [0.29, 0.717) is 29.8 Å². The molecule has 0 unspecified atom stereocenters. The number of nitrogens with one attached hydrogen (secondary N) is 1. The molecule has 5 aliphatic rings. The Kier molecular flexibility index (Phi) is 7.30. The van der Waals surface area contributed by atoms with E-state index in [1.807, 2.05) is 6.92 Å². The van der Waals surface area contributed by atoms with Gasteiger partial charge in [-0.3, -0.25) is 9.59 Å². The first-order valence-electron chi connectivity index (χ1n) is 15.1. The van der Waals surface area contributed by atoms with Crippen molar-refractivity contribution in [2.45, 2.75) is 118 Å². The monoisotopic (exact) mass is 511 g/mol. The number of rotatable bonds is 7. The highest BCUT2D eigenvalue weighted by Crippen LogP contribution is 2.69.